The molecule has 1 rings (SSSR count). The highest BCUT2D eigenvalue weighted by atomic mass is 16.4. The van der Waals surface area contributed by atoms with Crippen molar-refractivity contribution >= 4 is 35.7 Å². The molecule has 1 aromatic rings. The Morgan fingerprint density at radius 3 is 1.27 bits per heavy atom. The first-order chi connectivity index (χ1) is 14.0. The molecule has 12 heteroatoms. The Bertz CT molecular complexity index is 782. The van der Waals surface area contributed by atoms with Crippen LogP contribution in [0.4, 0.5) is 0 Å². The molecule has 12 nitrogen and oxygen atoms in total. The van der Waals surface area contributed by atoms with Gasteiger partial charge in [-0.25, -0.2) is 9.59 Å². The number of amides is 2. The zero-order valence-corrected chi connectivity index (χ0v) is 15.5. The maximum absolute atomic E-state index is 12.5. The highest BCUT2D eigenvalue weighted by molar-refractivity contribution is 6.08. The zero-order valence-electron chi connectivity index (χ0n) is 15.5. The average molecular weight is 424 g/mol. The number of benzene rings is 1. The number of nitrogens with one attached hydrogen (secondary N) is 2. The summed E-state index contributed by atoms with van der Waals surface area (Å²) in [6.07, 6.45) is -1.80. The first kappa shape index (κ1) is 24.1. The number of hydrogen-bond acceptors (Lipinski definition) is 6. The van der Waals surface area contributed by atoms with Crippen LogP contribution in [-0.2, 0) is 19.2 Å². The lowest BCUT2D eigenvalue weighted by Crippen LogP contribution is -2.43. The van der Waals surface area contributed by atoms with Crippen LogP contribution < -0.4 is 10.6 Å². The molecule has 0 aliphatic rings. The lowest BCUT2D eigenvalue weighted by atomic mass is 10.0. The fraction of sp³-hybridized carbons (Fsp3) is 0.333. The molecule has 0 spiro atoms. The van der Waals surface area contributed by atoms with Gasteiger partial charge in [0, 0.05) is 12.8 Å². The van der Waals surface area contributed by atoms with Crippen LogP contribution in [0.3, 0.4) is 0 Å². The highest BCUT2D eigenvalue weighted by Crippen LogP contribution is 2.11. The summed E-state index contributed by atoms with van der Waals surface area (Å²) in [6, 6.07) is 2.13. The van der Waals surface area contributed by atoms with Crippen LogP contribution in [0, 0.1) is 0 Å². The van der Waals surface area contributed by atoms with Crippen LogP contribution in [0.15, 0.2) is 24.3 Å². The molecule has 30 heavy (non-hydrogen) atoms. The van der Waals surface area contributed by atoms with Crippen molar-refractivity contribution in [1.29, 1.82) is 0 Å². The quantitative estimate of drug-likeness (QED) is 0.260. The monoisotopic (exact) mass is 424 g/mol. The van der Waals surface area contributed by atoms with Crippen LogP contribution in [-0.4, -0.2) is 68.2 Å². The molecule has 162 valence electrons. The van der Waals surface area contributed by atoms with Gasteiger partial charge < -0.3 is 31.1 Å². The third-order valence-electron chi connectivity index (χ3n) is 3.92. The maximum Gasteiger partial charge on any atom is 0.326 e. The van der Waals surface area contributed by atoms with E-state index in [0.717, 1.165) is 0 Å². The van der Waals surface area contributed by atoms with Crippen molar-refractivity contribution in [3.05, 3.63) is 35.4 Å². The summed E-state index contributed by atoms with van der Waals surface area (Å²) in [5.74, 6) is -7.39. The van der Waals surface area contributed by atoms with Crippen LogP contribution in [0.5, 0.6) is 0 Å². The molecule has 0 bridgehead atoms. The summed E-state index contributed by atoms with van der Waals surface area (Å²) >= 11 is 0. The minimum Gasteiger partial charge on any atom is -0.481 e. The molecule has 0 unspecified atom stereocenters. The van der Waals surface area contributed by atoms with Gasteiger partial charge in [0.15, 0.2) is 0 Å². The molecule has 0 aromatic heterocycles. The van der Waals surface area contributed by atoms with E-state index in [1.54, 1.807) is 0 Å². The van der Waals surface area contributed by atoms with Crippen LogP contribution in [0.1, 0.15) is 46.4 Å². The first-order valence-electron chi connectivity index (χ1n) is 8.62. The molecular formula is C18H20N2O10. The molecule has 2 amide bonds. The fourth-order valence-electron chi connectivity index (χ4n) is 2.40. The van der Waals surface area contributed by atoms with Crippen molar-refractivity contribution in [2.45, 2.75) is 37.8 Å². The molecule has 0 aliphatic carbocycles. The summed E-state index contributed by atoms with van der Waals surface area (Å²) in [5, 5.41) is 39.9. The van der Waals surface area contributed by atoms with E-state index in [1.165, 1.54) is 24.3 Å². The molecule has 0 saturated heterocycles. The van der Waals surface area contributed by atoms with Crippen molar-refractivity contribution in [2.24, 2.45) is 0 Å². The van der Waals surface area contributed by atoms with E-state index < -0.39 is 60.6 Å². The van der Waals surface area contributed by atoms with E-state index in [2.05, 4.69) is 10.6 Å². The van der Waals surface area contributed by atoms with Gasteiger partial charge in [0.05, 0.1) is 11.1 Å². The number of carboxylic acids is 4. The van der Waals surface area contributed by atoms with Crippen molar-refractivity contribution in [3.8, 4) is 0 Å². The van der Waals surface area contributed by atoms with Crippen molar-refractivity contribution in [2.75, 3.05) is 0 Å². The van der Waals surface area contributed by atoms with Crippen molar-refractivity contribution in [1.82, 2.24) is 10.6 Å². The molecule has 0 aliphatic heterocycles. The standard InChI is InChI=1S/C18H20N2O10/c21-13(22)7-5-11(17(27)28)19-15(25)9-3-1-2-4-10(9)16(26)20-12(18(29)30)6-8-14(23)24/h1-4,11-12H,5-8H2,(H,19,25)(H,20,26)(H,21,22)(H,23,24)(H,27,28)(H,29,30)/t11-,12-/m1/s1. The van der Waals surface area contributed by atoms with E-state index in [-0.39, 0.29) is 24.0 Å². The Hall–Kier alpha value is -3.96. The van der Waals surface area contributed by atoms with Crippen molar-refractivity contribution in [3.63, 3.8) is 0 Å². The number of aliphatic carboxylic acids is 4. The van der Waals surface area contributed by atoms with Gasteiger partial charge in [-0.3, -0.25) is 19.2 Å². The summed E-state index contributed by atoms with van der Waals surface area (Å²) in [4.78, 5) is 68.7. The first-order valence-corrected chi connectivity index (χ1v) is 8.62. The number of carbonyl (C=O) groups is 6. The second-order valence-corrected chi connectivity index (χ2v) is 6.14. The second-order valence-electron chi connectivity index (χ2n) is 6.14. The third kappa shape index (κ3) is 7.58. The van der Waals surface area contributed by atoms with Gasteiger partial charge in [0.2, 0.25) is 0 Å². The molecule has 0 saturated carbocycles. The summed E-state index contributed by atoms with van der Waals surface area (Å²) < 4.78 is 0. The molecule has 0 radical (unpaired) electrons. The van der Waals surface area contributed by atoms with Crippen LogP contribution in [0.25, 0.3) is 0 Å². The number of carboxylic acid groups (broad SMARTS) is 4. The van der Waals surface area contributed by atoms with Gasteiger partial charge in [0.1, 0.15) is 12.1 Å². The van der Waals surface area contributed by atoms with Gasteiger partial charge in [-0.15, -0.1) is 0 Å². The second kappa shape index (κ2) is 11.1. The Labute approximate surface area is 169 Å². The van der Waals surface area contributed by atoms with E-state index in [1.807, 2.05) is 0 Å². The van der Waals surface area contributed by atoms with Crippen LogP contribution in [0.2, 0.25) is 0 Å². The van der Waals surface area contributed by atoms with Gasteiger partial charge in [-0.1, -0.05) is 12.1 Å². The lowest BCUT2D eigenvalue weighted by Gasteiger charge is -2.17. The van der Waals surface area contributed by atoms with E-state index in [4.69, 9.17) is 20.4 Å². The predicted molar refractivity (Wildman–Crippen MR) is 98.0 cm³/mol. The highest BCUT2D eigenvalue weighted by Gasteiger charge is 2.26. The van der Waals surface area contributed by atoms with E-state index in [9.17, 15) is 28.8 Å². The van der Waals surface area contributed by atoms with Crippen LogP contribution >= 0.6 is 0 Å². The Kier molecular flexibility index (Phi) is 8.94. The van der Waals surface area contributed by atoms with Gasteiger partial charge in [-0.2, -0.15) is 0 Å². The van der Waals surface area contributed by atoms with E-state index >= 15 is 0 Å². The van der Waals surface area contributed by atoms with Gasteiger partial charge in [0.25, 0.3) is 11.8 Å². The van der Waals surface area contributed by atoms with Crippen molar-refractivity contribution < 1.29 is 49.2 Å². The number of carbonyl (C=O) groups excluding carboxylic acids is 2. The Balaban J connectivity index is 3.01. The number of hydrogen-bond donors (Lipinski definition) is 6. The summed E-state index contributed by atoms with van der Waals surface area (Å²) in [7, 11) is 0. The summed E-state index contributed by atoms with van der Waals surface area (Å²) in [5.41, 5.74) is -0.530. The number of rotatable bonds is 12. The molecule has 6 N–H and O–H groups in total. The molecule has 0 fully saturated rings. The fourth-order valence-corrected chi connectivity index (χ4v) is 2.40. The average Bonchev–Trinajstić information content (AvgIpc) is 2.67. The normalized spacial score (nSPS) is 12.3. The largest absolute Gasteiger partial charge is 0.481 e. The Morgan fingerprint density at radius 1 is 0.667 bits per heavy atom. The molecule has 1 aromatic carbocycles. The predicted octanol–water partition coefficient (Wildman–Crippen LogP) is -0.218. The summed E-state index contributed by atoms with van der Waals surface area (Å²) in [6.45, 7) is 0. The zero-order chi connectivity index (χ0) is 22.8. The molecular weight excluding hydrogens is 404 g/mol. The smallest absolute Gasteiger partial charge is 0.326 e. The minimum absolute atomic E-state index is 0.265. The minimum atomic E-state index is -1.52. The SMILES string of the molecule is O=C(O)CC[C@@H](NC(=O)c1ccccc1C(=O)N[C@H](CCC(=O)O)C(=O)O)C(=O)O. The van der Waals surface area contributed by atoms with Gasteiger partial charge >= 0.3 is 23.9 Å². The Morgan fingerprint density at radius 2 is 1.00 bits per heavy atom. The maximum atomic E-state index is 12.5. The topological polar surface area (TPSA) is 207 Å². The van der Waals surface area contributed by atoms with E-state index in [0.29, 0.717) is 0 Å². The van der Waals surface area contributed by atoms with Gasteiger partial charge in [-0.05, 0) is 25.0 Å². The molecule has 0 heterocycles. The third-order valence-corrected chi connectivity index (χ3v) is 3.92. The lowest BCUT2D eigenvalue weighted by molar-refractivity contribution is -0.142. The molecule has 2 atom stereocenters.